The SMILES string of the molecule is O=C(OCc1ccccc1)[C@H](O)CCc1ccc(C2=CCC(F)(F)CC2)cc1. The lowest BCUT2D eigenvalue weighted by Crippen LogP contribution is -2.23. The topological polar surface area (TPSA) is 46.5 Å². The summed E-state index contributed by atoms with van der Waals surface area (Å²) in [6.45, 7) is 0.138. The molecular formula is C23H24F2O3. The molecule has 0 aliphatic heterocycles. The fourth-order valence-electron chi connectivity index (χ4n) is 3.19. The highest BCUT2D eigenvalue weighted by atomic mass is 19.3. The Labute approximate surface area is 163 Å². The van der Waals surface area contributed by atoms with Gasteiger partial charge in [-0.2, -0.15) is 0 Å². The van der Waals surface area contributed by atoms with E-state index in [0.29, 0.717) is 12.8 Å². The second-order valence-electron chi connectivity index (χ2n) is 7.13. The number of benzene rings is 2. The number of ether oxygens (including phenoxy) is 1. The number of rotatable bonds is 7. The highest BCUT2D eigenvalue weighted by Crippen LogP contribution is 2.36. The van der Waals surface area contributed by atoms with Gasteiger partial charge in [0.05, 0.1) is 0 Å². The number of hydrogen-bond acceptors (Lipinski definition) is 3. The van der Waals surface area contributed by atoms with E-state index in [1.807, 2.05) is 54.6 Å². The van der Waals surface area contributed by atoms with Gasteiger partial charge in [-0.1, -0.05) is 60.7 Å². The van der Waals surface area contributed by atoms with Gasteiger partial charge in [0.25, 0.3) is 5.92 Å². The Kier molecular flexibility index (Phi) is 6.57. The summed E-state index contributed by atoms with van der Waals surface area (Å²) in [5.41, 5.74) is 3.73. The van der Waals surface area contributed by atoms with Gasteiger partial charge in [-0.25, -0.2) is 13.6 Å². The molecule has 0 aromatic heterocycles. The molecule has 1 aliphatic rings. The van der Waals surface area contributed by atoms with Crippen molar-refractivity contribution in [1.29, 1.82) is 0 Å². The molecule has 2 aromatic rings. The van der Waals surface area contributed by atoms with Gasteiger partial charge in [0.15, 0.2) is 6.10 Å². The van der Waals surface area contributed by atoms with Gasteiger partial charge < -0.3 is 9.84 Å². The first-order valence-corrected chi connectivity index (χ1v) is 9.48. The predicted octanol–water partition coefficient (Wildman–Crippen LogP) is 4.93. The van der Waals surface area contributed by atoms with Crippen LogP contribution in [0.2, 0.25) is 0 Å². The van der Waals surface area contributed by atoms with Crippen molar-refractivity contribution < 1.29 is 23.4 Å². The monoisotopic (exact) mass is 386 g/mol. The predicted molar refractivity (Wildman–Crippen MR) is 104 cm³/mol. The number of carbonyl (C=O) groups is 1. The van der Waals surface area contributed by atoms with E-state index in [2.05, 4.69) is 0 Å². The second-order valence-corrected chi connectivity index (χ2v) is 7.13. The maximum Gasteiger partial charge on any atom is 0.335 e. The van der Waals surface area contributed by atoms with E-state index >= 15 is 0 Å². The third-order valence-electron chi connectivity index (χ3n) is 4.93. The van der Waals surface area contributed by atoms with Crippen molar-refractivity contribution in [3.8, 4) is 0 Å². The Hall–Kier alpha value is -2.53. The Morgan fingerprint density at radius 2 is 1.79 bits per heavy atom. The van der Waals surface area contributed by atoms with Crippen molar-refractivity contribution in [3.05, 3.63) is 77.4 Å². The molecule has 1 N–H and O–H groups in total. The molecule has 0 saturated carbocycles. The smallest absolute Gasteiger partial charge is 0.335 e. The Morgan fingerprint density at radius 3 is 2.43 bits per heavy atom. The quantitative estimate of drug-likeness (QED) is 0.687. The molecule has 0 bridgehead atoms. The van der Waals surface area contributed by atoms with Crippen LogP contribution >= 0.6 is 0 Å². The van der Waals surface area contributed by atoms with Crippen LogP contribution in [0, 0.1) is 0 Å². The molecule has 0 radical (unpaired) electrons. The molecule has 1 aliphatic carbocycles. The van der Waals surface area contributed by atoms with Gasteiger partial charge in [0.1, 0.15) is 6.61 Å². The molecule has 5 heteroatoms. The van der Waals surface area contributed by atoms with Crippen molar-refractivity contribution in [1.82, 2.24) is 0 Å². The summed E-state index contributed by atoms with van der Waals surface area (Å²) in [6.07, 6.45) is 1.29. The molecule has 3 nitrogen and oxygen atoms in total. The summed E-state index contributed by atoms with van der Waals surface area (Å²) in [5.74, 6) is -3.22. The lowest BCUT2D eigenvalue weighted by Gasteiger charge is -2.21. The van der Waals surface area contributed by atoms with Crippen molar-refractivity contribution >= 4 is 11.5 Å². The average molecular weight is 386 g/mol. The van der Waals surface area contributed by atoms with E-state index in [1.165, 1.54) is 0 Å². The molecule has 0 heterocycles. The Bertz CT molecular complexity index is 814. The summed E-state index contributed by atoms with van der Waals surface area (Å²) >= 11 is 0. The molecule has 0 saturated heterocycles. The molecule has 1 atom stereocenters. The maximum atomic E-state index is 13.2. The van der Waals surface area contributed by atoms with E-state index in [0.717, 1.165) is 22.3 Å². The largest absolute Gasteiger partial charge is 0.459 e. The van der Waals surface area contributed by atoms with Crippen LogP contribution in [0.25, 0.3) is 5.57 Å². The lowest BCUT2D eigenvalue weighted by molar-refractivity contribution is -0.155. The first-order chi connectivity index (χ1) is 13.4. The van der Waals surface area contributed by atoms with Crippen molar-refractivity contribution in [2.45, 2.75) is 50.7 Å². The number of alkyl halides is 2. The van der Waals surface area contributed by atoms with Crippen molar-refractivity contribution in [2.24, 2.45) is 0 Å². The number of halogens is 2. The van der Waals surface area contributed by atoms with Gasteiger partial charge in [-0.05, 0) is 41.5 Å². The van der Waals surface area contributed by atoms with Crippen molar-refractivity contribution in [2.75, 3.05) is 0 Å². The molecule has 0 fully saturated rings. The van der Waals surface area contributed by atoms with Gasteiger partial charge in [0.2, 0.25) is 0 Å². The number of hydrogen-bond donors (Lipinski definition) is 1. The van der Waals surface area contributed by atoms with Crippen molar-refractivity contribution in [3.63, 3.8) is 0 Å². The number of aliphatic hydroxyl groups is 1. The van der Waals surface area contributed by atoms with Crippen LogP contribution in [0.3, 0.4) is 0 Å². The minimum absolute atomic E-state index is 0.113. The normalized spacial score (nSPS) is 16.9. The number of allylic oxidation sites excluding steroid dienone is 2. The van der Waals surface area contributed by atoms with E-state index in [-0.39, 0.29) is 25.9 Å². The highest BCUT2D eigenvalue weighted by Gasteiger charge is 2.30. The molecule has 0 spiro atoms. The van der Waals surface area contributed by atoms with Gasteiger partial charge in [0, 0.05) is 12.8 Å². The molecule has 2 aromatic carbocycles. The Morgan fingerprint density at radius 1 is 1.07 bits per heavy atom. The number of carbonyl (C=O) groups excluding carboxylic acids is 1. The van der Waals surface area contributed by atoms with E-state index in [9.17, 15) is 18.7 Å². The van der Waals surface area contributed by atoms with Crippen LogP contribution in [0.5, 0.6) is 0 Å². The van der Waals surface area contributed by atoms with Crippen LogP contribution in [0.1, 0.15) is 42.4 Å². The zero-order valence-electron chi connectivity index (χ0n) is 15.6. The first kappa shape index (κ1) is 20.2. The second kappa shape index (κ2) is 9.11. The molecule has 0 unspecified atom stereocenters. The number of aliphatic hydroxyl groups excluding tert-OH is 1. The minimum atomic E-state index is -2.59. The molecule has 148 valence electrons. The third kappa shape index (κ3) is 5.73. The van der Waals surface area contributed by atoms with E-state index in [1.54, 1.807) is 6.08 Å². The average Bonchev–Trinajstić information content (AvgIpc) is 2.71. The molecule has 0 amide bonds. The van der Waals surface area contributed by atoms with Crippen LogP contribution in [-0.2, 0) is 22.6 Å². The zero-order chi connectivity index (χ0) is 20.0. The summed E-state index contributed by atoms with van der Waals surface area (Å²) in [6, 6.07) is 16.9. The zero-order valence-corrected chi connectivity index (χ0v) is 15.6. The summed E-state index contributed by atoms with van der Waals surface area (Å²) in [4.78, 5) is 11.9. The fourth-order valence-corrected chi connectivity index (χ4v) is 3.19. The number of aryl methyl sites for hydroxylation is 1. The minimum Gasteiger partial charge on any atom is -0.459 e. The van der Waals surface area contributed by atoms with Gasteiger partial charge in [-0.15, -0.1) is 0 Å². The highest BCUT2D eigenvalue weighted by molar-refractivity contribution is 5.74. The maximum absolute atomic E-state index is 13.2. The number of esters is 1. The van der Waals surface area contributed by atoms with Gasteiger partial charge >= 0.3 is 5.97 Å². The molecular weight excluding hydrogens is 362 g/mol. The lowest BCUT2D eigenvalue weighted by atomic mass is 9.91. The first-order valence-electron chi connectivity index (χ1n) is 9.48. The molecule has 28 heavy (non-hydrogen) atoms. The Balaban J connectivity index is 1.46. The van der Waals surface area contributed by atoms with E-state index < -0.39 is 18.0 Å². The molecule has 3 rings (SSSR count). The van der Waals surface area contributed by atoms with Crippen LogP contribution in [0.15, 0.2) is 60.7 Å². The summed E-state index contributed by atoms with van der Waals surface area (Å²) in [7, 11) is 0. The standard InChI is InChI=1S/C23H24F2O3/c24-23(25)14-12-20(13-15-23)19-9-6-17(7-10-19)8-11-21(26)22(27)28-16-18-4-2-1-3-5-18/h1-7,9-10,12,21,26H,8,11,13-16H2/t21-/m1/s1. The van der Waals surface area contributed by atoms with Crippen LogP contribution in [-0.4, -0.2) is 23.1 Å². The third-order valence-corrected chi connectivity index (χ3v) is 4.93. The van der Waals surface area contributed by atoms with Crippen LogP contribution < -0.4 is 0 Å². The van der Waals surface area contributed by atoms with Gasteiger partial charge in [-0.3, -0.25) is 0 Å². The summed E-state index contributed by atoms with van der Waals surface area (Å²) in [5, 5.41) is 10.0. The summed E-state index contributed by atoms with van der Waals surface area (Å²) < 4.78 is 31.6. The fraction of sp³-hybridized carbons (Fsp3) is 0.348. The van der Waals surface area contributed by atoms with Crippen LogP contribution in [0.4, 0.5) is 8.78 Å². The van der Waals surface area contributed by atoms with E-state index in [4.69, 9.17) is 4.74 Å².